The van der Waals surface area contributed by atoms with Crippen molar-refractivity contribution >= 4 is 28.1 Å². The second-order valence-electron chi connectivity index (χ2n) is 9.26. The number of aryl methyl sites for hydroxylation is 3. The van der Waals surface area contributed by atoms with E-state index >= 15 is 4.39 Å². The summed E-state index contributed by atoms with van der Waals surface area (Å²) in [5.41, 5.74) is 0.363. The topological polar surface area (TPSA) is 96.3 Å². The molecule has 1 amide bonds. The van der Waals surface area contributed by atoms with Crippen molar-refractivity contribution in [2.45, 2.75) is 39.7 Å². The number of carbonyl (C=O) groups is 1. The zero-order valence-electron chi connectivity index (χ0n) is 20.7. The van der Waals surface area contributed by atoms with Crippen molar-refractivity contribution in [3.8, 4) is 16.2 Å². The molecular formula is C26H27F2N3O4S. The van der Waals surface area contributed by atoms with E-state index in [2.05, 4.69) is 10.3 Å². The summed E-state index contributed by atoms with van der Waals surface area (Å²) in [5.74, 6) is -0.714. The Morgan fingerprint density at radius 2 is 1.86 bits per heavy atom. The van der Waals surface area contributed by atoms with Crippen molar-refractivity contribution in [3.63, 3.8) is 0 Å². The van der Waals surface area contributed by atoms with Crippen LogP contribution in [0.15, 0.2) is 35.3 Å². The molecule has 0 radical (unpaired) electrons. The number of aromatic nitrogens is 2. The molecule has 1 aromatic carbocycles. The highest BCUT2D eigenvalue weighted by molar-refractivity contribution is 7.16. The third-order valence-electron chi connectivity index (χ3n) is 6.00. The van der Waals surface area contributed by atoms with E-state index in [0.29, 0.717) is 31.8 Å². The predicted molar refractivity (Wildman–Crippen MR) is 136 cm³/mol. The molecule has 0 aliphatic rings. The van der Waals surface area contributed by atoms with Crippen molar-refractivity contribution in [1.82, 2.24) is 14.9 Å². The lowest BCUT2D eigenvalue weighted by Gasteiger charge is -2.17. The lowest BCUT2D eigenvalue weighted by atomic mass is 10.0. The number of aliphatic hydroxyl groups is 1. The standard InChI is InChI=1S/C26H27F2N3O4S/c1-12-7-14(27)8-13(2)20(12)23(28)35-18-10-19(26(3,4)34)36-22(18)16-11-31(6)25(33)21-15(16)9-17(30-21)24(32)29-5/h7-11,23,30,34H,1-6H3,(H,29,32). The molecule has 36 heavy (non-hydrogen) atoms. The molecule has 7 nitrogen and oxygen atoms in total. The van der Waals surface area contributed by atoms with Gasteiger partial charge in [-0.05, 0) is 63.1 Å². The van der Waals surface area contributed by atoms with Crippen LogP contribution in [-0.2, 0) is 12.6 Å². The molecule has 0 spiro atoms. The molecule has 190 valence electrons. The lowest BCUT2D eigenvalue weighted by molar-refractivity contribution is 0.0647. The zero-order valence-corrected chi connectivity index (χ0v) is 21.6. The van der Waals surface area contributed by atoms with Crippen molar-refractivity contribution in [1.29, 1.82) is 0 Å². The number of H-pyrrole nitrogens is 1. The highest BCUT2D eigenvalue weighted by Crippen LogP contribution is 2.46. The number of aromatic amines is 1. The average Bonchev–Trinajstić information content (AvgIpc) is 3.40. The van der Waals surface area contributed by atoms with E-state index in [4.69, 9.17) is 4.74 Å². The molecule has 3 aromatic heterocycles. The van der Waals surface area contributed by atoms with Crippen molar-refractivity contribution < 1.29 is 23.4 Å². The monoisotopic (exact) mass is 515 g/mol. The molecule has 0 saturated heterocycles. The first-order valence-electron chi connectivity index (χ1n) is 11.2. The van der Waals surface area contributed by atoms with Crippen LogP contribution in [0.2, 0.25) is 0 Å². The summed E-state index contributed by atoms with van der Waals surface area (Å²) in [4.78, 5) is 28.9. The Balaban J connectivity index is 1.92. The highest BCUT2D eigenvalue weighted by atomic mass is 32.1. The molecule has 0 fully saturated rings. The van der Waals surface area contributed by atoms with E-state index in [1.165, 1.54) is 35.1 Å². The number of rotatable bonds is 6. The number of nitrogens with one attached hydrogen (secondary N) is 2. The predicted octanol–water partition coefficient (Wildman–Crippen LogP) is 4.99. The second kappa shape index (κ2) is 9.18. The second-order valence-corrected chi connectivity index (χ2v) is 10.3. The number of thiophene rings is 1. The average molecular weight is 516 g/mol. The van der Waals surface area contributed by atoms with Gasteiger partial charge in [0.2, 0.25) is 0 Å². The SMILES string of the molecule is CNC(=O)c1cc2c(-c3sc(C(C)(C)O)cc3OC(F)c3c(C)cc(F)cc3C)cn(C)c(=O)c2[nH]1. The van der Waals surface area contributed by atoms with Gasteiger partial charge in [-0.25, -0.2) is 4.39 Å². The fraction of sp³-hybridized carbons (Fsp3) is 0.308. The lowest BCUT2D eigenvalue weighted by Crippen LogP contribution is -2.19. The number of benzene rings is 1. The molecule has 3 heterocycles. The number of carbonyl (C=O) groups excluding carboxylic acids is 1. The molecule has 3 N–H and O–H groups in total. The molecular weight excluding hydrogens is 488 g/mol. The molecule has 1 atom stereocenters. The van der Waals surface area contributed by atoms with Crippen LogP contribution in [0.25, 0.3) is 21.3 Å². The Morgan fingerprint density at radius 3 is 2.44 bits per heavy atom. The van der Waals surface area contributed by atoms with Gasteiger partial charge in [-0.2, -0.15) is 4.39 Å². The fourth-order valence-electron chi connectivity index (χ4n) is 4.17. The number of hydrogen-bond acceptors (Lipinski definition) is 5. The van der Waals surface area contributed by atoms with E-state index in [1.54, 1.807) is 53.1 Å². The van der Waals surface area contributed by atoms with Crippen LogP contribution in [0.5, 0.6) is 5.75 Å². The molecule has 10 heteroatoms. The first-order chi connectivity index (χ1) is 16.8. The quantitative estimate of drug-likeness (QED) is 0.337. The van der Waals surface area contributed by atoms with Gasteiger partial charge in [0, 0.05) is 41.7 Å². The first kappa shape index (κ1) is 25.6. The Labute approximate surface area is 210 Å². The fourth-order valence-corrected chi connectivity index (χ4v) is 5.29. The van der Waals surface area contributed by atoms with Crippen LogP contribution < -0.4 is 15.6 Å². The highest BCUT2D eigenvalue weighted by Gasteiger charge is 2.28. The minimum absolute atomic E-state index is 0.149. The van der Waals surface area contributed by atoms with Gasteiger partial charge in [-0.3, -0.25) is 9.59 Å². The van der Waals surface area contributed by atoms with E-state index in [0.717, 1.165) is 0 Å². The largest absolute Gasteiger partial charge is 0.455 e. The molecule has 0 bridgehead atoms. The summed E-state index contributed by atoms with van der Waals surface area (Å²) < 4.78 is 36.5. The first-order valence-corrected chi connectivity index (χ1v) is 12.0. The van der Waals surface area contributed by atoms with Crippen LogP contribution in [0, 0.1) is 19.7 Å². The molecule has 4 rings (SSSR count). The van der Waals surface area contributed by atoms with E-state index in [9.17, 15) is 19.1 Å². The number of fused-ring (bicyclic) bond motifs is 1. The Morgan fingerprint density at radius 1 is 1.22 bits per heavy atom. The summed E-state index contributed by atoms with van der Waals surface area (Å²) in [6.45, 7) is 6.41. The maximum atomic E-state index is 15.6. The third kappa shape index (κ3) is 4.54. The van der Waals surface area contributed by atoms with E-state index in [-0.39, 0.29) is 28.1 Å². The maximum absolute atomic E-state index is 15.6. The van der Waals surface area contributed by atoms with Crippen LogP contribution in [0.3, 0.4) is 0 Å². The normalized spacial score (nSPS) is 12.7. The van der Waals surface area contributed by atoms with Gasteiger partial charge in [0.15, 0.2) is 0 Å². The van der Waals surface area contributed by atoms with Crippen molar-refractivity contribution in [3.05, 3.63) is 73.9 Å². The number of amides is 1. The van der Waals surface area contributed by atoms with Gasteiger partial charge >= 0.3 is 0 Å². The van der Waals surface area contributed by atoms with Crippen LogP contribution >= 0.6 is 11.3 Å². The molecule has 0 aliphatic carbocycles. The Bertz CT molecular complexity index is 1520. The van der Waals surface area contributed by atoms with Crippen LogP contribution in [0.1, 0.15) is 52.3 Å². The summed E-state index contributed by atoms with van der Waals surface area (Å²) in [6.07, 6.45) is -0.329. The van der Waals surface area contributed by atoms with Gasteiger partial charge < -0.3 is 24.7 Å². The number of nitrogens with zero attached hydrogens (tertiary/aromatic N) is 1. The van der Waals surface area contributed by atoms with Gasteiger partial charge in [0.25, 0.3) is 17.8 Å². The summed E-state index contributed by atoms with van der Waals surface area (Å²) in [5, 5.41) is 13.6. The van der Waals surface area contributed by atoms with Crippen molar-refractivity contribution in [2.75, 3.05) is 7.05 Å². The maximum Gasteiger partial charge on any atom is 0.274 e. The summed E-state index contributed by atoms with van der Waals surface area (Å²) >= 11 is 1.19. The van der Waals surface area contributed by atoms with Gasteiger partial charge in [-0.1, -0.05) is 0 Å². The third-order valence-corrected chi connectivity index (χ3v) is 7.46. The van der Waals surface area contributed by atoms with Gasteiger partial charge in [0.05, 0.1) is 10.5 Å². The minimum atomic E-state index is -1.91. The summed E-state index contributed by atoms with van der Waals surface area (Å²) in [7, 11) is 3.05. The number of ether oxygens (including phenoxy) is 1. The summed E-state index contributed by atoms with van der Waals surface area (Å²) in [6, 6.07) is 5.60. The van der Waals surface area contributed by atoms with Gasteiger partial charge in [-0.15, -0.1) is 11.3 Å². The van der Waals surface area contributed by atoms with E-state index < -0.39 is 23.7 Å². The number of halogens is 2. The molecule has 0 aliphatic heterocycles. The van der Waals surface area contributed by atoms with Crippen molar-refractivity contribution in [2.24, 2.45) is 7.05 Å². The van der Waals surface area contributed by atoms with E-state index in [1.807, 2.05) is 0 Å². The minimum Gasteiger partial charge on any atom is -0.455 e. The smallest absolute Gasteiger partial charge is 0.274 e. The number of alkyl halides is 1. The molecule has 0 saturated carbocycles. The van der Waals surface area contributed by atoms with Gasteiger partial charge in [0.1, 0.15) is 22.8 Å². The molecule has 1 unspecified atom stereocenters. The Hall–Kier alpha value is -3.50. The number of pyridine rings is 1. The molecule has 4 aromatic rings. The van der Waals surface area contributed by atoms with Crippen LogP contribution in [0.4, 0.5) is 8.78 Å². The van der Waals surface area contributed by atoms with Crippen LogP contribution in [-0.4, -0.2) is 27.6 Å². The zero-order chi connectivity index (χ0) is 26.5. The Kier molecular flexibility index (Phi) is 6.52. The number of hydrogen-bond donors (Lipinski definition) is 3.